The Labute approximate surface area is 481 Å². The van der Waals surface area contributed by atoms with Crippen LogP contribution in [0.3, 0.4) is 0 Å². The molecule has 0 saturated heterocycles. The summed E-state index contributed by atoms with van der Waals surface area (Å²) >= 11 is 0. The highest BCUT2D eigenvalue weighted by Crippen LogP contribution is 2.18. The first-order valence-corrected chi connectivity index (χ1v) is 34.8. The van der Waals surface area contributed by atoms with Gasteiger partial charge >= 0.3 is 17.9 Å². The molecule has 0 N–H and O–H groups in total. The van der Waals surface area contributed by atoms with Crippen LogP contribution in [0.15, 0.2) is 24.3 Å². The van der Waals surface area contributed by atoms with E-state index in [4.69, 9.17) is 14.2 Å². The van der Waals surface area contributed by atoms with Crippen molar-refractivity contribution in [3.05, 3.63) is 24.3 Å². The van der Waals surface area contributed by atoms with Crippen molar-refractivity contribution in [1.82, 2.24) is 0 Å². The minimum atomic E-state index is -0.772. The molecule has 0 bridgehead atoms. The van der Waals surface area contributed by atoms with Crippen molar-refractivity contribution in [2.75, 3.05) is 13.2 Å². The maximum absolute atomic E-state index is 13.0. The third kappa shape index (κ3) is 64.6. The average molecular weight is 1080 g/mol. The van der Waals surface area contributed by atoms with Crippen molar-refractivity contribution >= 4 is 17.9 Å². The van der Waals surface area contributed by atoms with Crippen molar-refractivity contribution in [3.63, 3.8) is 0 Å². The van der Waals surface area contributed by atoms with Gasteiger partial charge in [0.1, 0.15) is 13.2 Å². The van der Waals surface area contributed by atoms with Crippen LogP contribution in [0.25, 0.3) is 0 Å². The van der Waals surface area contributed by atoms with Gasteiger partial charge < -0.3 is 14.2 Å². The molecule has 0 aliphatic carbocycles. The van der Waals surface area contributed by atoms with Crippen LogP contribution in [0.2, 0.25) is 0 Å². The van der Waals surface area contributed by atoms with Gasteiger partial charge in [-0.15, -0.1) is 0 Å². The molecule has 0 spiro atoms. The summed E-state index contributed by atoms with van der Waals surface area (Å²) in [4.78, 5) is 38.4. The molecule has 0 amide bonds. The summed E-state index contributed by atoms with van der Waals surface area (Å²) in [7, 11) is 0. The first kappa shape index (κ1) is 74.9. The number of carbonyl (C=O) groups excluding carboxylic acids is 3. The van der Waals surface area contributed by atoms with Crippen LogP contribution >= 0.6 is 0 Å². The van der Waals surface area contributed by atoms with Gasteiger partial charge in [-0.1, -0.05) is 328 Å². The van der Waals surface area contributed by atoms with E-state index < -0.39 is 6.10 Å². The Kier molecular flexibility index (Phi) is 64.6. The zero-order valence-electron chi connectivity index (χ0n) is 52.3. The van der Waals surface area contributed by atoms with E-state index in [1.54, 1.807) is 0 Å². The molecular weight excluding hydrogens is 949 g/mol. The van der Waals surface area contributed by atoms with Crippen LogP contribution in [0.5, 0.6) is 0 Å². The van der Waals surface area contributed by atoms with Gasteiger partial charge in [0.2, 0.25) is 0 Å². The summed E-state index contributed by atoms with van der Waals surface area (Å²) in [5.41, 5.74) is 0. The van der Waals surface area contributed by atoms with E-state index in [1.807, 2.05) is 0 Å². The number of allylic oxidation sites excluding steroid dienone is 4. The van der Waals surface area contributed by atoms with E-state index in [9.17, 15) is 14.4 Å². The van der Waals surface area contributed by atoms with Crippen LogP contribution in [-0.4, -0.2) is 37.2 Å². The number of carbonyl (C=O) groups is 3. The van der Waals surface area contributed by atoms with Crippen molar-refractivity contribution in [3.8, 4) is 0 Å². The molecular formula is C71H134O6. The van der Waals surface area contributed by atoms with Crippen LogP contribution in [0, 0.1) is 0 Å². The lowest BCUT2D eigenvalue weighted by atomic mass is 10.0. The van der Waals surface area contributed by atoms with Gasteiger partial charge in [0.25, 0.3) is 0 Å². The van der Waals surface area contributed by atoms with Gasteiger partial charge in [-0.2, -0.15) is 0 Å². The second-order valence-electron chi connectivity index (χ2n) is 23.8. The molecule has 0 radical (unpaired) electrons. The smallest absolute Gasteiger partial charge is 0.306 e. The molecule has 0 aromatic heterocycles. The predicted octanol–water partition coefficient (Wildman–Crippen LogP) is 23.8. The summed E-state index contributed by atoms with van der Waals surface area (Å²) in [5, 5.41) is 0. The van der Waals surface area contributed by atoms with Crippen LogP contribution in [0.4, 0.5) is 0 Å². The van der Waals surface area contributed by atoms with Gasteiger partial charge in [-0.25, -0.2) is 0 Å². The zero-order chi connectivity index (χ0) is 55.7. The molecule has 1 atom stereocenters. The lowest BCUT2D eigenvalue weighted by Crippen LogP contribution is -2.30. The Morgan fingerprint density at radius 2 is 0.429 bits per heavy atom. The summed E-state index contributed by atoms with van der Waals surface area (Å²) in [5.74, 6) is -0.843. The second-order valence-corrected chi connectivity index (χ2v) is 23.8. The SMILES string of the molecule is CCCCCCCC/C=C\CCCCCCCCCC(=O)OCC(COC(=O)CCCCCCCCCCC/C=C\CCCCCCCCCC)OC(=O)CCCCCCCCCCCCCCCCCCCCCCC. The predicted molar refractivity (Wildman–Crippen MR) is 335 cm³/mol. The standard InChI is InChI=1S/C71H134O6/c1-4-7-10-13-16-19-22-25-28-31-33-35-37-40-43-46-49-52-55-58-61-64-70(73)76-67-68(66-75-69(72)63-60-57-54-51-48-45-42-39-30-27-24-21-18-15-12-9-6-3)77-71(74)65-62-59-56-53-50-47-44-41-38-36-34-32-29-26-23-20-17-14-11-8-5-2/h27,30-31,33,68H,4-26,28-29,32,34-67H2,1-3H3/b30-27-,33-31-. The zero-order valence-corrected chi connectivity index (χ0v) is 52.3. The summed E-state index contributed by atoms with van der Waals surface area (Å²) in [6, 6.07) is 0. The van der Waals surface area contributed by atoms with E-state index >= 15 is 0 Å². The molecule has 0 aliphatic rings. The lowest BCUT2D eigenvalue weighted by molar-refractivity contribution is -0.167. The van der Waals surface area contributed by atoms with Crippen molar-refractivity contribution in [2.24, 2.45) is 0 Å². The van der Waals surface area contributed by atoms with E-state index in [1.165, 1.54) is 295 Å². The number of esters is 3. The molecule has 0 aromatic rings. The van der Waals surface area contributed by atoms with Gasteiger partial charge in [0.15, 0.2) is 6.10 Å². The molecule has 0 fully saturated rings. The highest BCUT2D eigenvalue weighted by molar-refractivity contribution is 5.71. The summed E-state index contributed by atoms with van der Waals surface area (Å²) in [6.07, 6.45) is 80.5. The second kappa shape index (κ2) is 66.4. The van der Waals surface area contributed by atoms with Crippen molar-refractivity contribution < 1.29 is 28.6 Å². The first-order chi connectivity index (χ1) is 38.0. The highest BCUT2D eigenvalue weighted by Gasteiger charge is 2.19. The highest BCUT2D eigenvalue weighted by atomic mass is 16.6. The lowest BCUT2D eigenvalue weighted by Gasteiger charge is -2.18. The Morgan fingerprint density at radius 3 is 0.649 bits per heavy atom. The molecule has 6 nitrogen and oxygen atoms in total. The largest absolute Gasteiger partial charge is 0.462 e. The van der Waals surface area contributed by atoms with Gasteiger partial charge in [-0.3, -0.25) is 14.4 Å². The van der Waals surface area contributed by atoms with E-state index in [0.717, 1.165) is 57.8 Å². The average Bonchev–Trinajstić information content (AvgIpc) is 3.43. The van der Waals surface area contributed by atoms with Crippen molar-refractivity contribution in [2.45, 2.75) is 399 Å². The number of unbranched alkanes of at least 4 members (excludes halogenated alkanes) is 50. The molecule has 6 heteroatoms. The molecule has 77 heavy (non-hydrogen) atoms. The molecule has 1 unspecified atom stereocenters. The van der Waals surface area contributed by atoms with Gasteiger partial charge in [-0.05, 0) is 70.6 Å². The number of rotatable bonds is 65. The minimum Gasteiger partial charge on any atom is -0.462 e. The fraction of sp³-hybridized carbons (Fsp3) is 0.901. The molecule has 0 rings (SSSR count). The Hall–Kier alpha value is -2.11. The fourth-order valence-electron chi connectivity index (χ4n) is 10.7. The Morgan fingerprint density at radius 1 is 0.247 bits per heavy atom. The Bertz CT molecular complexity index is 1240. The summed E-state index contributed by atoms with van der Waals surface area (Å²) in [6.45, 7) is 6.71. The topological polar surface area (TPSA) is 78.9 Å². The minimum absolute atomic E-state index is 0.0683. The first-order valence-electron chi connectivity index (χ1n) is 34.8. The fourth-order valence-corrected chi connectivity index (χ4v) is 10.7. The number of ether oxygens (including phenoxy) is 3. The molecule has 0 aliphatic heterocycles. The third-order valence-corrected chi connectivity index (χ3v) is 15.9. The maximum atomic E-state index is 13.0. The number of hydrogen-bond acceptors (Lipinski definition) is 6. The third-order valence-electron chi connectivity index (χ3n) is 15.9. The monoisotopic (exact) mass is 1080 g/mol. The van der Waals surface area contributed by atoms with Crippen molar-refractivity contribution in [1.29, 1.82) is 0 Å². The van der Waals surface area contributed by atoms with Gasteiger partial charge in [0, 0.05) is 19.3 Å². The quantitative estimate of drug-likeness (QED) is 0.0261. The molecule has 0 heterocycles. The van der Waals surface area contributed by atoms with Crippen LogP contribution < -0.4 is 0 Å². The Balaban J connectivity index is 4.31. The van der Waals surface area contributed by atoms with Gasteiger partial charge in [0.05, 0.1) is 0 Å². The normalized spacial score (nSPS) is 12.1. The van der Waals surface area contributed by atoms with E-state index in [2.05, 4.69) is 45.1 Å². The van der Waals surface area contributed by atoms with E-state index in [-0.39, 0.29) is 31.1 Å². The molecule has 0 aromatic carbocycles. The maximum Gasteiger partial charge on any atom is 0.306 e. The summed E-state index contributed by atoms with van der Waals surface area (Å²) < 4.78 is 17.0. The number of hydrogen-bond donors (Lipinski definition) is 0. The van der Waals surface area contributed by atoms with E-state index in [0.29, 0.717) is 19.3 Å². The molecule has 0 saturated carbocycles. The van der Waals surface area contributed by atoms with Crippen LogP contribution in [-0.2, 0) is 28.6 Å². The van der Waals surface area contributed by atoms with Crippen LogP contribution in [0.1, 0.15) is 393 Å². The molecule has 454 valence electrons.